The third kappa shape index (κ3) is 6.59. The lowest BCUT2D eigenvalue weighted by molar-refractivity contribution is -0.132. The van der Waals surface area contributed by atoms with Gasteiger partial charge in [0, 0.05) is 44.9 Å². The highest BCUT2D eigenvalue weighted by molar-refractivity contribution is 5.76. The number of nitrogens with zero attached hydrogens (tertiary/aromatic N) is 2. The van der Waals surface area contributed by atoms with Crippen molar-refractivity contribution in [1.29, 1.82) is 0 Å². The van der Waals surface area contributed by atoms with Crippen LogP contribution in [-0.4, -0.2) is 71.4 Å². The van der Waals surface area contributed by atoms with Crippen molar-refractivity contribution in [1.82, 2.24) is 9.80 Å². The first-order valence-electron chi connectivity index (χ1n) is 13.1. The maximum atomic E-state index is 12.4. The summed E-state index contributed by atoms with van der Waals surface area (Å²) in [7, 11) is 2.11. The molecule has 1 aliphatic heterocycles. The number of aliphatic hydroxyl groups excluding tert-OH is 2. The molecule has 1 saturated carbocycles. The lowest BCUT2D eigenvalue weighted by Crippen LogP contribution is -2.47. The zero-order chi connectivity index (χ0) is 24.1. The van der Waals surface area contributed by atoms with Gasteiger partial charge in [-0.2, -0.15) is 0 Å². The quantitative estimate of drug-likeness (QED) is 0.430. The predicted octanol–water partition coefficient (Wildman–Crippen LogP) is 3.73. The van der Waals surface area contributed by atoms with Crippen LogP contribution >= 0.6 is 0 Å². The van der Waals surface area contributed by atoms with Gasteiger partial charge in [0.25, 0.3) is 0 Å². The van der Waals surface area contributed by atoms with E-state index in [0.29, 0.717) is 30.6 Å². The van der Waals surface area contributed by atoms with Crippen molar-refractivity contribution in [2.75, 3.05) is 33.2 Å². The van der Waals surface area contributed by atoms with E-state index in [2.05, 4.69) is 49.2 Å². The van der Waals surface area contributed by atoms with Crippen LogP contribution in [-0.2, 0) is 11.2 Å². The Kier molecular flexibility index (Phi) is 8.62. The molecule has 1 aromatic carbocycles. The first-order chi connectivity index (χ1) is 16.4. The van der Waals surface area contributed by atoms with Gasteiger partial charge >= 0.3 is 0 Å². The molecule has 0 unspecified atom stereocenters. The zero-order valence-corrected chi connectivity index (χ0v) is 20.9. The number of hydrogen-bond acceptors (Lipinski definition) is 4. The van der Waals surface area contributed by atoms with E-state index in [-0.39, 0.29) is 12.0 Å². The van der Waals surface area contributed by atoms with Crippen LogP contribution in [0.4, 0.5) is 0 Å². The summed E-state index contributed by atoms with van der Waals surface area (Å²) in [5, 5.41) is 21.1. The predicted molar refractivity (Wildman–Crippen MR) is 136 cm³/mol. The van der Waals surface area contributed by atoms with Crippen molar-refractivity contribution >= 4 is 5.91 Å². The van der Waals surface area contributed by atoms with Crippen LogP contribution in [0.3, 0.4) is 0 Å². The summed E-state index contributed by atoms with van der Waals surface area (Å²) in [5.41, 5.74) is 3.83. The van der Waals surface area contributed by atoms with Crippen molar-refractivity contribution in [2.24, 2.45) is 17.8 Å². The average molecular weight is 467 g/mol. The molecule has 0 spiro atoms. The van der Waals surface area contributed by atoms with E-state index in [4.69, 9.17) is 0 Å². The first-order valence-corrected chi connectivity index (χ1v) is 13.1. The number of likely N-dealkylation sites (N-methyl/N-ethyl adjacent to an activating group) is 1. The van der Waals surface area contributed by atoms with Crippen LogP contribution in [0, 0.1) is 24.7 Å². The van der Waals surface area contributed by atoms with Crippen molar-refractivity contribution in [2.45, 2.75) is 64.1 Å². The number of amides is 1. The maximum Gasteiger partial charge on any atom is 0.222 e. The molecule has 0 bridgehead atoms. The molecule has 1 aromatic rings. The molecule has 1 heterocycles. The molecule has 2 fully saturated rings. The van der Waals surface area contributed by atoms with Gasteiger partial charge in [-0.15, -0.1) is 0 Å². The van der Waals surface area contributed by atoms with Gasteiger partial charge in [-0.25, -0.2) is 0 Å². The first kappa shape index (κ1) is 25.2. The fourth-order valence-electron chi connectivity index (χ4n) is 6.04. The molecule has 4 rings (SSSR count). The monoisotopic (exact) mass is 466 g/mol. The number of aliphatic hydroxyl groups is 2. The Hall–Kier alpha value is -1.95. The molecule has 186 valence electrons. The number of rotatable bonds is 9. The van der Waals surface area contributed by atoms with Gasteiger partial charge in [0.2, 0.25) is 5.91 Å². The van der Waals surface area contributed by atoms with E-state index in [1.807, 2.05) is 17.0 Å². The second-order valence-electron chi connectivity index (χ2n) is 10.8. The highest BCUT2D eigenvalue weighted by Crippen LogP contribution is 2.48. The molecule has 0 radical (unpaired) electrons. The van der Waals surface area contributed by atoms with E-state index in [0.717, 1.165) is 63.8 Å². The van der Waals surface area contributed by atoms with Gasteiger partial charge in [-0.1, -0.05) is 53.6 Å². The Morgan fingerprint density at radius 2 is 2.00 bits per heavy atom. The summed E-state index contributed by atoms with van der Waals surface area (Å²) >= 11 is 0. The topological polar surface area (TPSA) is 64.0 Å². The van der Waals surface area contributed by atoms with Crippen molar-refractivity contribution < 1.29 is 15.0 Å². The molecule has 3 aliphatic rings. The number of piperazine rings is 1. The smallest absolute Gasteiger partial charge is 0.222 e. The summed E-state index contributed by atoms with van der Waals surface area (Å²) in [6, 6.07) is 8.26. The van der Waals surface area contributed by atoms with E-state index in [1.54, 1.807) is 0 Å². The minimum absolute atomic E-state index is 0.115. The highest BCUT2D eigenvalue weighted by atomic mass is 16.3. The molecule has 34 heavy (non-hydrogen) atoms. The molecule has 0 aromatic heterocycles. The minimum atomic E-state index is -0.528. The summed E-state index contributed by atoms with van der Waals surface area (Å²) in [6.07, 6.45) is 11.7. The molecule has 1 saturated heterocycles. The summed E-state index contributed by atoms with van der Waals surface area (Å²) < 4.78 is 0. The van der Waals surface area contributed by atoms with E-state index < -0.39 is 6.10 Å². The number of fused-ring (bicyclic) bond motifs is 1. The standard InChI is InChI=1S/C29H42N2O3/c1-21-6-5-8-22(16-21)18-25(32)10-11-26-27-19-23(17-24(27)20-28(26)33)7-3-4-9-29(34)31-14-12-30(2)13-15-31/h5-6,8,10-11,16-17,24-28,32-33H,3-4,7,9,12-15,18-20H2,1-2H3/t24-,25+,26+,27-,28+/m0/s1. The van der Waals surface area contributed by atoms with Crippen LogP contribution in [0.2, 0.25) is 0 Å². The Bertz CT molecular complexity index is 887. The van der Waals surface area contributed by atoms with Gasteiger partial charge < -0.3 is 20.0 Å². The van der Waals surface area contributed by atoms with E-state index in [1.165, 1.54) is 11.1 Å². The van der Waals surface area contributed by atoms with Crippen molar-refractivity contribution in [3.63, 3.8) is 0 Å². The number of benzene rings is 1. The number of carbonyl (C=O) groups excluding carboxylic acids is 1. The van der Waals surface area contributed by atoms with Gasteiger partial charge in [0.15, 0.2) is 0 Å². The maximum absolute atomic E-state index is 12.4. The minimum Gasteiger partial charge on any atom is -0.392 e. The zero-order valence-electron chi connectivity index (χ0n) is 20.9. The van der Waals surface area contributed by atoms with Crippen molar-refractivity contribution in [3.8, 4) is 0 Å². The number of hydrogen-bond donors (Lipinski definition) is 2. The molecule has 5 atom stereocenters. The van der Waals surface area contributed by atoms with Crippen LogP contribution in [0.25, 0.3) is 0 Å². The number of allylic oxidation sites excluding steroid dienone is 2. The molecule has 5 heteroatoms. The Balaban J connectivity index is 1.19. The van der Waals surface area contributed by atoms with Crippen molar-refractivity contribution in [3.05, 3.63) is 59.2 Å². The summed E-state index contributed by atoms with van der Waals surface area (Å²) in [5.74, 6) is 1.31. The second-order valence-corrected chi connectivity index (χ2v) is 10.8. The van der Waals surface area contributed by atoms with E-state index in [9.17, 15) is 15.0 Å². The third-order valence-corrected chi connectivity index (χ3v) is 8.03. The number of unbranched alkanes of at least 4 members (excludes halogenated alkanes) is 1. The summed E-state index contributed by atoms with van der Waals surface area (Å²) in [6.45, 7) is 5.75. The van der Waals surface area contributed by atoms with Crippen LogP contribution < -0.4 is 0 Å². The van der Waals surface area contributed by atoms with Gasteiger partial charge in [-0.3, -0.25) is 4.79 Å². The third-order valence-electron chi connectivity index (χ3n) is 8.03. The average Bonchev–Trinajstić information content (AvgIpc) is 3.32. The highest BCUT2D eigenvalue weighted by Gasteiger charge is 2.43. The van der Waals surface area contributed by atoms with Crippen LogP contribution in [0.1, 0.15) is 49.7 Å². The fraction of sp³-hybridized carbons (Fsp3) is 0.621. The molecule has 2 N–H and O–H groups in total. The number of aryl methyl sites for hydroxylation is 1. The molecule has 1 amide bonds. The molecular weight excluding hydrogens is 424 g/mol. The Morgan fingerprint density at radius 3 is 2.76 bits per heavy atom. The summed E-state index contributed by atoms with van der Waals surface area (Å²) in [4.78, 5) is 16.7. The van der Waals surface area contributed by atoms with E-state index >= 15 is 0 Å². The molecular formula is C29H42N2O3. The Morgan fingerprint density at radius 1 is 1.21 bits per heavy atom. The van der Waals surface area contributed by atoms with Gasteiger partial charge in [0.1, 0.15) is 0 Å². The molecule has 5 nitrogen and oxygen atoms in total. The number of carbonyl (C=O) groups is 1. The SMILES string of the molecule is Cc1cccc(C[C@H](O)C=C[C@@H]2[C@H]3CC(CCCCC(=O)N4CCN(C)CC4)=C[C@H]3C[C@H]2O)c1. The lowest BCUT2D eigenvalue weighted by Gasteiger charge is -2.32. The fourth-order valence-corrected chi connectivity index (χ4v) is 6.04. The van der Waals surface area contributed by atoms with Crippen LogP contribution in [0.5, 0.6) is 0 Å². The Labute approximate surface area is 205 Å². The van der Waals surface area contributed by atoms with Gasteiger partial charge in [-0.05, 0) is 63.5 Å². The normalized spacial score (nSPS) is 28.4. The van der Waals surface area contributed by atoms with Crippen LogP contribution in [0.15, 0.2) is 48.1 Å². The lowest BCUT2D eigenvalue weighted by atomic mass is 9.88. The molecule has 2 aliphatic carbocycles. The largest absolute Gasteiger partial charge is 0.392 e. The second kappa shape index (κ2) is 11.7. The van der Waals surface area contributed by atoms with Gasteiger partial charge in [0.05, 0.1) is 12.2 Å².